The number of rotatable bonds is 8. The van der Waals surface area contributed by atoms with Crippen LogP contribution < -0.4 is 26.2 Å². The van der Waals surface area contributed by atoms with E-state index in [1.165, 1.54) is 61.0 Å². The Morgan fingerprint density at radius 3 is 1.18 bits per heavy atom. The van der Waals surface area contributed by atoms with Crippen molar-refractivity contribution in [3.63, 3.8) is 0 Å². The molecule has 15 rings (SSSR count). The molecule has 7 heteroatoms. The summed E-state index contributed by atoms with van der Waals surface area (Å²) in [6.45, 7) is 13.8. The molecule has 0 aliphatic carbocycles. The van der Waals surface area contributed by atoms with Crippen LogP contribution in [0.3, 0.4) is 0 Å². The summed E-state index contributed by atoms with van der Waals surface area (Å²) < 4.78 is 2.48. The maximum atomic E-state index is 5.25. The van der Waals surface area contributed by atoms with Gasteiger partial charge in [-0.1, -0.05) is 211 Å². The van der Waals surface area contributed by atoms with E-state index in [1.54, 1.807) is 0 Å². The van der Waals surface area contributed by atoms with Crippen molar-refractivity contribution in [2.45, 2.75) is 52.4 Å². The molecule has 0 bridgehead atoms. The molecule has 11 aromatic carbocycles. The van der Waals surface area contributed by atoms with E-state index < -0.39 is 0 Å². The first-order valence-electron chi connectivity index (χ1n) is 29.2. The Labute approximate surface area is 492 Å². The summed E-state index contributed by atoms with van der Waals surface area (Å²) in [6.07, 6.45) is 0. The second-order valence-corrected chi connectivity index (χ2v) is 24.5. The van der Waals surface area contributed by atoms with Crippen molar-refractivity contribution in [3.05, 3.63) is 272 Å². The zero-order valence-electron chi connectivity index (χ0n) is 48.1. The molecule has 0 atom stereocenters. The first-order valence-corrected chi connectivity index (χ1v) is 29.2. The first kappa shape index (κ1) is 50.8. The van der Waals surface area contributed by atoms with Gasteiger partial charge < -0.3 is 14.4 Å². The van der Waals surface area contributed by atoms with Crippen molar-refractivity contribution < 1.29 is 0 Å². The van der Waals surface area contributed by atoms with Crippen molar-refractivity contribution >= 4 is 79.0 Å². The normalized spacial score (nSPS) is 12.8. The van der Waals surface area contributed by atoms with Crippen LogP contribution in [0.15, 0.2) is 261 Å². The molecule has 4 heterocycles. The third-order valence-electron chi connectivity index (χ3n) is 17.1. The van der Waals surface area contributed by atoms with Crippen molar-refractivity contribution in [1.29, 1.82) is 0 Å². The van der Waals surface area contributed by atoms with Crippen LogP contribution in [-0.4, -0.2) is 26.2 Å². The fraction of sp³-hybridized carbons (Fsp3) is 0.104. The van der Waals surface area contributed by atoms with E-state index >= 15 is 0 Å². The maximum absolute atomic E-state index is 5.25. The van der Waals surface area contributed by atoms with E-state index in [0.29, 0.717) is 17.5 Å². The highest BCUT2D eigenvalue weighted by molar-refractivity contribution is 7.00. The van der Waals surface area contributed by atoms with Gasteiger partial charge in [-0.3, -0.25) is 0 Å². The third kappa shape index (κ3) is 8.61. The highest BCUT2D eigenvalue weighted by Gasteiger charge is 2.43. The summed E-state index contributed by atoms with van der Waals surface area (Å²) in [4.78, 5) is 20.5. The lowest BCUT2D eigenvalue weighted by molar-refractivity contribution is 0.590. The Balaban J connectivity index is 0.955. The lowest BCUT2D eigenvalue weighted by Crippen LogP contribution is -2.61. The van der Waals surface area contributed by atoms with E-state index in [0.717, 1.165) is 67.0 Å². The van der Waals surface area contributed by atoms with Gasteiger partial charge in [0.25, 0.3) is 6.71 Å². The van der Waals surface area contributed by atoms with Gasteiger partial charge in [-0.15, -0.1) is 0 Å². The van der Waals surface area contributed by atoms with Crippen LogP contribution in [0.25, 0.3) is 83.9 Å². The highest BCUT2D eigenvalue weighted by atomic mass is 15.2. The highest BCUT2D eigenvalue weighted by Crippen LogP contribution is 2.47. The van der Waals surface area contributed by atoms with Gasteiger partial charge in [0.2, 0.25) is 0 Å². The molecule has 13 aromatic rings. The van der Waals surface area contributed by atoms with E-state index in [4.69, 9.17) is 15.0 Å². The molecular weight excluding hydrogens is 1020 g/mol. The van der Waals surface area contributed by atoms with Crippen molar-refractivity contribution in [3.8, 4) is 62.1 Å². The lowest BCUT2D eigenvalue weighted by atomic mass is 9.33. The van der Waals surface area contributed by atoms with Gasteiger partial charge in [-0.25, -0.2) is 15.0 Å². The van der Waals surface area contributed by atoms with Gasteiger partial charge in [-0.05, 0) is 146 Å². The fourth-order valence-corrected chi connectivity index (χ4v) is 12.9. The summed E-state index contributed by atoms with van der Waals surface area (Å²) >= 11 is 0. The molecule has 0 radical (unpaired) electrons. The topological polar surface area (TPSA) is 50.1 Å². The number of fused-ring (bicyclic) bond motifs is 7. The molecular formula is C77H61BN6. The van der Waals surface area contributed by atoms with Gasteiger partial charge in [0.05, 0.1) is 16.7 Å². The van der Waals surface area contributed by atoms with Crippen molar-refractivity contribution in [1.82, 2.24) is 19.5 Å². The predicted molar refractivity (Wildman–Crippen MR) is 353 cm³/mol. The van der Waals surface area contributed by atoms with Crippen LogP contribution >= 0.6 is 0 Å². The van der Waals surface area contributed by atoms with E-state index in [-0.39, 0.29) is 17.5 Å². The summed E-state index contributed by atoms with van der Waals surface area (Å²) in [5, 5.41) is 2.48. The van der Waals surface area contributed by atoms with Crippen LogP contribution in [0.5, 0.6) is 0 Å². The average Bonchev–Trinajstić information content (AvgIpc) is 1.34. The second-order valence-electron chi connectivity index (χ2n) is 24.5. The number of benzene rings is 11. The molecule has 0 N–H and O–H groups in total. The zero-order valence-corrected chi connectivity index (χ0v) is 48.1. The quantitative estimate of drug-likeness (QED) is 0.142. The summed E-state index contributed by atoms with van der Waals surface area (Å²) in [5.41, 5.74) is 23.9. The minimum atomic E-state index is -0.0350. The SMILES string of the molecule is CC(C)(C)c1ccc2c(c1)c1cc(C(C)(C)C)ccc1n2-c1ccc(-c2nc(-c3ccccc3)nc(-c3ccccc3)n2)cc1-c1ccc(-c2cc3c4c(c2)N(c2ccccc2)c2ccccc2B4c2ccccc2N3c2ccccc2)cc1. The summed E-state index contributed by atoms with van der Waals surface area (Å²) in [7, 11) is 0. The molecule has 0 unspecified atom stereocenters. The van der Waals surface area contributed by atoms with Gasteiger partial charge >= 0.3 is 0 Å². The Hall–Kier alpha value is -10.1. The molecule has 2 aliphatic heterocycles. The maximum Gasteiger partial charge on any atom is 0.252 e. The average molecular weight is 1080 g/mol. The van der Waals surface area contributed by atoms with Crippen molar-refractivity contribution in [2.24, 2.45) is 0 Å². The molecule has 6 nitrogen and oxygen atoms in total. The van der Waals surface area contributed by atoms with E-state index in [2.05, 4.69) is 280 Å². The van der Waals surface area contributed by atoms with Crippen LogP contribution in [0.4, 0.5) is 34.1 Å². The van der Waals surface area contributed by atoms with Gasteiger partial charge in [0.1, 0.15) is 0 Å². The molecule has 2 aliphatic rings. The molecule has 0 amide bonds. The molecule has 0 saturated heterocycles. The van der Waals surface area contributed by atoms with Crippen LogP contribution in [-0.2, 0) is 10.8 Å². The van der Waals surface area contributed by atoms with Crippen LogP contribution in [0.1, 0.15) is 52.7 Å². The van der Waals surface area contributed by atoms with Crippen LogP contribution in [0, 0.1) is 0 Å². The third-order valence-corrected chi connectivity index (χ3v) is 17.1. The number of hydrogen-bond acceptors (Lipinski definition) is 5. The van der Waals surface area contributed by atoms with E-state index in [9.17, 15) is 0 Å². The summed E-state index contributed by atoms with van der Waals surface area (Å²) in [6, 6.07) is 95.1. The van der Waals surface area contributed by atoms with Gasteiger partial charge in [-0.2, -0.15) is 0 Å². The number of aromatic nitrogens is 4. The minimum Gasteiger partial charge on any atom is -0.311 e. The van der Waals surface area contributed by atoms with Crippen LogP contribution in [0.2, 0.25) is 0 Å². The minimum absolute atomic E-state index is 0.0299. The molecule has 0 fully saturated rings. The monoisotopic (exact) mass is 1080 g/mol. The summed E-state index contributed by atoms with van der Waals surface area (Å²) in [5.74, 6) is 1.86. The smallest absolute Gasteiger partial charge is 0.252 e. The molecule has 0 spiro atoms. The molecule has 402 valence electrons. The first-order chi connectivity index (χ1) is 40.9. The number of para-hydroxylation sites is 4. The molecule has 84 heavy (non-hydrogen) atoms. The fourth-order valence-electron chi connectivity index (χ4n) is 12.9. The lowest BCUT2D eigenvalue weighted by Gasteiger charge is -2.44. The Bertz CT molecular complexity index is 4440. The van der Waals surface area contributed by atoms with E-state index in [1.807, 2.05) is 36.4 Å². The van der Waals surface area contributed by atoms with Gasteiger partial charge in [0.15, 0.2) is 17.5 Å². The van der Waals surface area contributed by atoms with Gasteiger partial charge in [0, 0.05) is 67.2 Å². The Morgan fingerprint density at radius 1 is 0.310 bits per heavy atom. The van der Waals surface area contributed by atoms with Crippen molar-refractivity contribution in [2.75, 3.05) is 9.80 Å². The Morgan fingerprint density at radius 2 is 0.714 bits per heavy atom. The molecule has 2 aromatic heterocycles. The molecule has 0 saturated carbocycles. The largest absolute Gasteiger partial charge is 0.311 e. The number of anilines is 6. The predicted octanol–water partition coefficient (Wildman–Crippen LogP) is 18.0. The standard InChI is InChI=1S/C77H61BN6/c1-76(2,3)56-40-43-66-61(48-56)62-49-57(77(4,5)6)41-44-67(62)84(66)65-42-39-54(75-80-73(52-23-11-7-12-24-52)79-74(81-75)53-25-13-8-14-26-53)45-60(65)51-37-35-50(36-38-51)55-46-70-72-71(47-55)83(59-29-17-10-18-30-59)69-34-22-20-32-64(69)78(72)63-31-19-21-33-68(63)82(70)58-27-15-9-16-28-58/h7-49H,1-6H3. The number of nitrogens with zero attached hydrogens (tertiary/aromatic N) is 6. The zero-order chi connectivity index (χ0) is 56.8. The Kier molecular flexibility index (Phi) is 12.0. The second kappa shape index (κ2) is 19.8. The number of hydrogen-bond donors (Lipinski definition) is 0.